The summed E-state index contributed by atoms with van der Waals surface area (Å²) in [6.07, 6.45) is 1.33. The zero-order chi connectivity index (χ0) is 30.6. The number of ether oxygens (including phenoxy) is 1. The summed E-state index contributed by atoms with van der Waals surface area (Å²) in [7, 11) is -3.63. The number of para-hydroxylation sites is 1. The van der Waals surface area contributed by atoms with Crippen molar-refractivity contribution in [3.63, 3.8) is 0 Å². The second kappa shape index (κ2) is 13.1. The van der Waals surface area contributed by atoms with Crippen LogP contribution < -0.4 is 15.5 Å². The van der Waals surface area contributed by atoms with Crippen LogP contribution in [0.5, 0.6) is 0 Å². The minimum Gasteiger partial charge on any atom is -0.378 e. The molecule has 1 amide bonds. The fourth-order valence-electron chi connectivity index (χ4n) is 4.67. The maximum Gasteiger partial charge on any atom is 0.259 e. The van der Waals surface area contributed by atoms with Gasteiger partial charge in [-0.25, -0.2) is 22.8 Å². The number of rotatable bonds is 9. The number of hydrogen-bond acceptors (Lipinski definition) is 8. The Kier molecular flexibility index (Phi) is 9.24. The van der Waals surface area contributed by atoms with Gasteiger partial charge in [-0.05, 0) is 61.9 Å². The molecule has 1 aliphatic rings. The van der Waals surface area contributed by atoms with Crippen LogP contribution in [0.4, 0.5) is 27.4 Å². The lowest BCUT2D eigenvalue weighted by Crippen LogP contribution is -2.36. The molecule has 3 aromatic carbocycles. The molecule has 0 radical (unpaired) electrons. The Bertz CT molecular complexity index is 1710. The SMILES string of the molecule is CC(C)S(=O)(=O)c1ccccc1Cc1nc(Nc2ccc(N3CCOCC3)cc2)ncc1C(=O)Nc1c(F)cccc1Cl. The van der Waals surface area contributed by atoms with E-state index in [1.54, 1.807) is 38.1 Å². The predicted molar refractivity (Wildman–Crippen MR) is 166 cm³/mol. The number of nitrogens with zero attached hydrogens (tertiary/aromatic N) is 3. The van der Waals surface area contributed by atoms with E-state index in [1.807, 2.05) is 24.3 Å². The Morgan fingerprint density at radius 2 is 1.77 bits per heavy atom. The number of aromatic nitrogens is 2. The Morgan fingerprint density at radius 1 is 1.05 bits per heavy atom. The minimum atomic E-state index is -3.63. The quantitative estimate of drug-likeness (QED) is 0.238. The van der Waals surface area contributed by atoms with Crippen LogP contribution in [0, 0.1) is 5.82 Å². The molecule has 0 spiro atoms. The number of nitrogens with one attached hydrogen (secondary N) is 2. The van der Waals surface area contributed by atoms with Crippen molar-refractivity contribution in [1.29, 1.82) is 0 Å². The van der Waals surface area contributed by atoms with Crippen LogP contribution in [0.2, 0.25) is 5.02 Å². The second-order valence-electron chi connectivity index (χ2n) is 10.3. The Hall–Kier alpha value is -4.06. The third-order valence-corrected chi connectivity index (χ3v) is 9.64. The molecule has 224 valence electrons. The van der Waals surface area contributed by atoms with Gasteiger partial charge in [-0.3, -0.25) is 4.79 Å². The van der Waals surface area contributed by atoms with Crippen molar-refractivity contribution in [1.82, 2.24) is 9.97 Å². The second-order valence-corrected chi connectivity index (χ2v) is 13.1. The molecule has 0 bridgehead atoms. The normalized spacial score (nSPS) is 13.7. The lowest BCUT2D eigenvalue weighted by atomic mass is 10.1. The van der Waals surface area contributed by atoms with Gasteiger partial charge in [0.2, 0.25) is 5.95 Å². The molecule has 1 aliphatic heterocycles. The number of sulfone groups is 1. The maximum absolute atomic E-state index is 14.5. The number of carbonyl (C=O) groups is 1. The first-order valence-corrected chi connectivity index (χ1v) is 15.7. The summed E-state index contributed by atoms with van der Waals surface area (Å²) in [5.74, 6) is -1.18. The van der Waals surface area contributed by atoms with Crippen LogP contribution >= 0.6 is 11.6 Å². The summed E-state index contributed by atoms with van der Waals surface area (Å²) in [5, 5.41) is 5.05. The van der Waals surface area contributed by atoms with Crippen LogP contribution in [0.15, 0.2) is 77.8 Å². The number of anilines is 4. The first kappa shape index (κ1) is 30.4. The molecule has 1 aromatic heterocycles. The third kappa shape index (κ3) is 6.96. The highest BCUT2D eigenvalue weighted by molar-refractivity contribution is 7.92. The highest BCUT2D eigenvalue weighted by atomic mass is 35.5. The average Bonchev–Trinajstić information content (AvgIpc) is 3.00. The first-order chi connectivity index (χ1) is 20.6. The lowest BCUT2D eigenvalue weighted by Gasteiger charge is -2.28. The molecule has 2 N–H and O–H groups in total. The van der Waals surface area contributed by atoms with Gasteiger partial charge in [0, 0.05) is 37.1 Å². The number of morpholine rings is 1. The molecule has 4 aromatic rings. The molecule has 0 aliphatic carbocycles. The van der Waals surface area contributed by atoms with Gasteiger partial charge in [0.15, 0.2) is 9.84 Å². The van der Waals surface area contributed by atoms with E-state index in [4.69, 9.17) is 16.3 Å². The van der Waals surface area contributed by atoms with Crippen LogP contribution in [0.3, 0.4) is 0 Å². The van der Waals surface area contributed by atoms with E-state index in [1.165, 1.54) is 24.4 Å². The smallest absolute Gasteiger partial charge is 0.259 e. The van der Waals surface area contributed by atoms with Crippen LogP contribution in [0.1, 0.15) is 35.5 Å². The molecule has 1 fully saturated rings. The number of hydrogen-bond donors (Lipinski definition) is 2. The lowest BCUT2D eigenvalue weighted by molar-refractivity contribution is 0.102. The summed E-state index contributed by atoms with van der Waals surface area (Å²) in [5.41, 5.74) is 2.38. The average molecular weight is 624 g/mol. The summed E-state index contributed by atoms with van der Waals surface area (Å²) < 4.78 is 46.2. The molecule has 0 atom stereocenters. The largest absolute Gasteiger partial charge is 0.378 e. The molecule has 43 heavy (non-hydrogen) atoms. The standard InChI is InChI=1S/C31H31ClFN5O4S/c1-20(2)43(40,41)28-9-4-3-6-21(28)18-27-24(30(39)37-29-25(32)7-5-8-26(29)33)19-34-31(36-27)35-22-10-12-23(13-11-22)38-14-16-42-17-15-38/h3-13,19-20H,14-18H2,1-2H3,(H,37,39)(H,34,35,36). The van der Waals surface area contributed by atoms with Crippen molar-refractivity contribution in [2.75, 3.05) is 41.8 Å². The predicted octanol–water partition coefficient (Wildman–Crippen LogP) is 5.87. The summed E-state index contributed by atoms with van der Waals surface area (Å²) in [6, 6.07) is 18.5. The first-order valence-electron chi connectivity index (χ1n) is 13.8. The van der Waals surface area contributed by atoms with Crippen molar-refractivity contribution in [3.8, 4) is 0 Å². The highest BCUT2D eigenvalue weighted by Gasteiger charge is 2.25. The van der Waals surface area contributed by atoms with E-state index in [-0.39, 0.29) is 39.2 Å². The molecule has 5 rings (SSSR count). The number of amides is 1. The van der Waals surface area contributed by atoms with E-state index in [0.717, 1.165) is 24.5 Å². The van der Waals surface area contributed by atoms with E-state index in [0.29, 0.717) is 18.8 Å². The van der Waals surface area contributed by atoms with Crippen molar-refractivity contribution >= 4 is 50.4 Å². The zero-order valence-electron chi connectivity index (χ0n) is 23.7. The molecular formula is C31H31ClFN5O4S. The van der Waals surface area contributed by atoms with Crippen molar-refractivity contribution in [2.45, 2.75) is 30.4 Å². The number of benzene rings is 3. The van der Waals surface area contributed by atoms with Crippen LogP contribution in [-0.2, 0) is 21.0 Å². The van der Waals surface area contributed by atoms with Gasteiger partial charge in [0.25, 0.3) is 5.91 Å². The molecule has 9 nitrogen and oxygen atoms in total. The molecule has 2 heterocycles. The van der Waals surface area contributed by atoms with Gasteiger partial charge in [-0.15, -0.1) is 0 Å². The van der Waals surface area contributed by atoms with Crippen molar-refractivity contribution < 1.29 is 22.3 Å². The van der Waals surface area contributed by atoms with Crippen molar-refractivity contribution in [3.05, 3.63) is 101 Å². The minimum absolute atomic E-state index is 0.00303. The molecule has 12 heteroatoms. The van der Waals surface area contributed by atoms with Gasteiger partial charge in [0.05, 0.1) is 45.3 Å². The van der Waals surface area contributed by atoms with Gasteiger partial charge in [-0.1, -0.05) is 35.9 Å². The Labute approximate surface area is 255 Å². The molecular weight excluding hydrogens is 593 g/mol. The maximum atomic E-state index is 14.5. The van der Waals surface area contributed by atoms with Gasteiger partial charge < -0.3 is 20.3 Å². The summed E-state index contributed by atoms with van der Waals surface area (Å²) >= 11 is 6.14. The number of halogens is 2. The molecule has 0 saturated carbocycles. The van der Waals surface area contributed by atoms with Crippen molar-refractivity contribution in [2.24, 2.45) is 0 Å². The zero-order valence-corrected chi connectivity index (χ0v) is 25.3. The fourth-order valence-corrected chi connectivity index (χ4v) is 6.16. The van der Waals surface area contributed by atoms with Gasteiger partial charge in [-0.2, -0.15) is 0 Å². The monoisotopic (exact) mass is 623 g/mol. The Morgan fingerprint density at radius 3 is 2.47 bits per heavy atom. The molecule has 0 unspecified atom stereocenters. The van der Waals surface area contributed by atoms with E-state index in [9.17, 15) is 17.6 Å². The molecule has 1 saturated heterocycles. The summed E-state index contributed by atoms with van der Waals surface area (Å²) in [6.45, 7) is 6.21. The van der Waals surface area contributed by atoms with Crippen LogP contribution in [0.25, 0.3) is 0 Å². The van der Waals surface area contributed by atoms with E-state index < -0.39 is 26.8 Å². The van der Waals surface area contributed by atoms with E-state index in [2.05, 4.69) is 25.5 Å². The van der Waals surface area contributed by atoms with Gasteiger partial charge in [0.1, 0.15) is 5.82 Å². The third-order valence-electron chi connectivity index (χ3n) is 7.07. The van der Waals surface area contributed by atoms with E-state index >= 15 is 0 Å². The van der Waals surface area contributed by atoms with Gasteiger partial charge >= 0.3 is 0 Å². The fraction of sp³-hybridized carbons (Fsp3) is 0.258. The Balaban J connectivity index is 1.48. The highest BCUT2D eigenvalue weighted by Crippen LogP contribution is 2.28. The summed E-state index contributed by atoms with van der Waals surface area (Å²) in [4.78, 5) is 24.8. The number of carbonyl (C=O) groups excluding carboxylic acids is 1. The van der Waals surface area contributed by atoms with Crippen LogP contribution in [-0.4, -0.2) is 55.8 Å². The topological polar surface area (TPSA) is 114 Å².